The van der Waals surface area contributed by atoms with E-state index in [1.54, 1.807) is 0 Å². The van der Waals surface area contributed by atoms with Crippen LogP contribution in [0.1, 0.15) is 142 Å². The molecule has 0 saturated carbocycles. The van der Waals surface area contributed by atoms with Crippen molar-refractivity contribution in [3.05, 3.63) is 122 Å². The summed E-state index contributed by atoms with van der Waals surface area (Å²) < 4.78 is 35.0. The van der Waals surface area contributed by atoms with Gasteiger partial charge in [0.05, 0.1) is 34.4 Å². The lowest BCUT2D eigenvalue weighted by Gasteiger charge is -2.24. The number of allylic oxidation sites excluding steroid dienone is 20. The standard InChI is InChI=1S/C52H86NO7P/c1-6-8-10-12-14-16-18-20-22-24-26-27-28-29-31-33-35-37-39-41-43-45-52(54)60-51(50-59-61(55,56)58-48-46-53(3,4)5)49-57-47-44-42-40-38-36-34-32-30-25-23-21-19-17-15-13-11-9-7-2/h8-11,14-17,20-23,26-27,29-32,35,37,51H,6-7,12-13,18-19,24-25,28,33-34,36,38-50H2,1-5H3/p+1/b10-8-,11-9-,16-14-,17-15-,22-20-,23-21-,27-26-,31-29-,32-30-,37-35-. The molecule has 346 valence electrons. The number of phosphoric ester groups is 1. The van der Waals surface area contributed by atoms with Crippen molar-refractivity contribution < 1.29 is 37.3 Å². The van der Waals surface area contributed by atoms with Crippen LogP contribution in [0.15, 0.2) is 122 Å². The molecule has 0 saturated heterocycles. The number of rotatable bonds is 41. The molecule has 0 radical (unpaired) electrons. The lowest BCUT2D eigenvalue weighted by atomic mass is 10.1. The molecule has 0 fully saturated rings. The van der Waals surface area contributed by atoms with Crippen LogP contribution in [0.4, 0.5) is 0 Å². The minimum absolute atomic E-state index is 0.0679. The van der Waals surface area contributed by atoms with Crippen molar-refractivity contribution in [2.45, 2.75) is 148 Å². The third-order valence-electron chi connectivity index (χ3n) is 9.02. The number of unbranched alkanes of at least 4 members (excludes halogenated alkanes) is 7. The molecule has 0 rings (SSSR count). The van der Waals surface area contributed by atoms with Crippen molar-refractivity contribution in [2.75, 3.05) is 54.1 Å². The Balaban J connectivity index is 4.38. The van der Waals surface area contributed by atoms with Gasteiger partial charge in [-0.05, 0) is 103 Å². The Hall–Kier alpha value is -3.10. The molecule has 0 amide bonds. The summed E-state index contributed by atoms with van der Waals surface area (Å²) in [6, 6.07) is 0. The van der Waals surface area contributed by atoms with Gasteiger partial charge in [-0.25, -0.2) is 4.57 Å². The Morgan fingerprint density at radius 2 is 0.902 bits per heavy atom. The average Bonchev–Trinajstić information content (AvgIpc) is 3.22. The van der Waals surface area contributed by atoms with E-state index in [4.69, 9.17) is 18.5 Å². The smallest absolute Gasteiger partial charge is 0.457 e. The van der Waals surface area contributed by atoms with Gasteiger partial charge in [-0.1, -0.05) is 155 Å². The molecule has 0 heterocycles. The number of carbonyl (C=O) groups is 1. The monoisotopic (exact) mass is 869 g/mol. The summed E-state index contributed by atoms with van der Waals surface area (Å²) in [5.74, 6) is -0.369. The highest BCUT2D eigenvalue weighted by Gasteiger charge is 2.26. The molecule has 0 spiro atoms. The van der Waals surface area contributed by atoms with Crippen molar-refractivity contribution in [2.24, 2.45) is 0 Å². The van der Waals surface area contributed by atoms with Gasteiger partial charge in [-0.15, -0.1) is 0 Å². The normalized spacial score (nSPS) is 14.8. The highest BCUT2D eigenvalue weighted by atomic mass is 31.2. The zero-order valence-electron chi connectivity index (χ0n) is 39.1. The number of quaternary nitrogens is 1. The number of likely N-dealkylation sites (N-methyl/N-ethyl adjacent to an activating group) is 1. The van der Waals surface area contributed by atoms with Crippen LogP contribution in [0.5, 0.6) is 0 Å². The highest BCUT2D eigenvalue weighted by Crippen LogP contribution is 2.43. The molecule has 0 aliphatic carbocycles. The molecule has 9 heteroatoms. The quantitative estimate of drug-likeness (QED) is 0.0215. The van der Waals surface area contributed by atoms with Crippen molar-refractivity contribution in [3.8, 4) is 0 Å². The van der Waals surface area contributed by atoms with Gasteiger partial charge in [0.1, 0.15) is 19.3 Å². The molecule has 1 N–H and O–H groups in total. The van der Waals surface area contributed by atoms with Gasteiger partial charge in [0.2, 0.25) is 0 Å². The molecule has 0 bridgehead atoms. The van der Waals surface area contributed by atoms with Crippen LogP contribution in [-0.2, 0) is 27.9 Å². The molecule has 2 unspecified atom stereocenters. The van der Waals surface area contributed by atoms with Crippen LogP contribution in [0.2, 0.25) is 0 Å². The summed E-state index contributed by atoms with van der Waals surface area (Å²) in [4.78, 5) is 22.9. The Labute approximate surface area is 373 Å². The highest BCUT2D eigenvalue weighted by molar-refractivity contribution is 7.47. The zero-order valence-corrected chi connectivity index (χ0v) is 40.0. The first kappa shape index (κ1) is 57.9. The minimum Gasteiger partial charge on any atom is -0.457 e. The van der Waals surface area contributed by atoms with Crippen molar-refractivity contribution in [1.29, 1.82) is 0 Å². The summed E-state index contributed by atoms with van der Waals surface area (Å²) in [6.07, 6.45) is 62.4. The van der Waals surface area contributed by atoms with E-state index in [-0.39, 0.29) is 32.2 Å². The zero-order chi connectivity index (χ0) is 44.8. The fourth-order valence-electron chi connectivity index (χ4n) is 5.49. The predicted molar refractivity (Wildman–Crippen MR) is 260 cm³/mol. The second-order valence-electron chi connectivity index (χ2n) is 16.0. The van der Waals surface area contributed by atoms with Crippen LogP contribution in [0.25, 0.3) is 0 Å². The number of nitrogens with zero attached hydrogens (tertiary/aromatic N) is 1. The van der Waals surface area contributed by atoms with E-state index in [1.165, 1.54) is 12.8 Å². The Morgan fingerprint density at radius 3 is 1.34 bits per heavy atom. The number of esters is 1. The molecule has 61 heavy (non-hydrogen) atoms. The number of carbonyl (C=O) groups excluding carboxylic acids is 1. The first-order chi connectivity index (χ1) is 29.6. The lowest BCUT2D eigenvalue weighted by molar-refractivity contribution is -0.870. The van der Waals surface area contributed by atoms with E-state index in [0.717, 1.165) is 103 Å². The molecule has 0 aliphatic heterocycles. The second-order valence-corrected chi connectivity index (χ2v) is 17.5. The maximum absolute atomic E-state index is 12.7. The van der Waals surface area contributed by atoms with Crippen LogP contribution in [0.3, 0.4) is 0 Å². The Bertz CT molecular complexity index is 1380. The summed E-state index contributed by atoms with van der Waals surface area (Å²) in [5.41, 5.74) is 0. The van der Waals surface area contributed by atoms with Gasteiger partial charge in [-0.3, -0.25) is 13.8 Å². The fourth-order valence-corrected chi connectivity index (χ4v) is 6.23. The summed E-state index contributed by atoms with van der Waals surface area (Å²) in [7, 11) is 1.60. The van der Waals surface area contributed by atoms with E-state index in [2.05, 4.69) is 135 Å². The summed E-state index contributed by atoms with van der Waals surface area (Å²) >= 11 is 0. The molecule has 0 aromatic rings. The average molecular weight is 869 g/mol. The minimum atomic E-state index is -4.31. The molecular weight excluding hydrogens is 782 g/mol. The molecule has 0 aliphatic rings. The van der Waals surface area contributed by atoms with Gasteiger partial charge >= 0.3 is 13.8 Å². The van der Waals surface area contributed by atoms with Gasteiger partial charge < -0.3 is 18.9 Å². The van der Waals surface area contributed by atoms with Crippen LogP contribution in [-0.4, -0.2) is 75.6 Å². The number of hydrogen-bond donors (Lipinski definition) is 1. The third-order valence-corrected chi connectivity index (χ3v) is 10.0. The number of phosphoric acid groups is 1. The van der Waals surface area contributed by atoms with Crippen LogP contribution >= 0.6 is 7.82 Å². The van der Waals surface area contributed by atoms with E-state index >= 15 is 0 Å². The SMILES string of the molecule is CC/C=C\C/C=C\C/C=C\C/C=C\C/C=C\C/C=C\CCCCC(=O)OC(COCCCCCCC/C=C\C/C=C\C/C=C\C/C=C\CC)COP(=O)(O)OCC[N+](C)(C)C. The van der Waals surface area contributed by atoms with Crippen LogP contribution in [0, 0.1) is 0 Å². The molecule has 2 atom stereocenters. The van der Waals surface area contributed by atoms with Gasteiger partial charge in [-0.2, -0.15) is 0 Å². The molecule has 0 aromatic heterocycles. The first-order valence-electron chi connectivity index (χ1n) is 23.3. The number of hydrogen-bond acceptors (Lipinski definition) is 6. The van der Waals surface area contributed by atoms with Crippen molar-refractivity contribution >= 4 is 13.8 Å². The molecule has 0 aromatic carbocycles. The van der Waals surface area contributed by atoms with E-state index in [1.807, 2.05) is 21.1 Å². The summed E-state index contributed by atoms with van der Waals surface area (Å²) in [6.45, 7) is 5.25. The largest absolute Gasteiger partial charge is 0.472 e. The second kappa shape index (κ2) is 43.5. The van der Waals surface area contributed by atoms with E-state index < -0.39 is 13.9 Å². The Kier molecular flexibility index (Phi) is 41.3. The third kappa shape index (κ3) is 47.8. The van der Waals surface area contributed by atoms with Crippen molar-refractivity contribution in [3.63, 3.8) is 0 Å². The molecule has 8 nitrogen and oxygen atoms in total. The van der Waals surface area contributed by atoms with Gasteiger partial charge in [0, 0.05) is 13.0 Å². The maximum Gasteiger partial charge on any atom is 0.472 e. The van der Waals surface area contributed by atoms with Crippen LogP contribution < -0.4 is 0 Å². The van der Waals surface area contributed by atoms with Gasteiger partial charge in [0.25, 0.3) is 0 Å². The lowest BCUT2D eigenvalue weighted by Crippen LogP contribution is -2.37. The summed E-state index contributed by atoms with van der Waals surface area (Å²) in [5, 5.41) is 0. The van der Waals surface area contributed by atoms with Gasteiger partial charge in [0.15, 0.2) is 0 Å². The predicted octanol–water partition coefficient (Wildman–Crippen LogP) is 14.2. The van der Waals surface area contributed by atoms with Crippen molar-refractivity contribution in [1.82, 2.24) is 0 Å². The fraction of sp³-hybridized carbons (Fsp3) is 0.596. The van der Waals surface area contributed by atoms with E-state index in [0.29, 0.717) is 24.1 Å². The topological polar surface area (TPSA) is 91.3 Å². The maximum atomic E-state index is 12.7. The Morgan fingerprint density at radius 1 is 0.508 bits per heavy atom. The van der Waals surface area contributed by atoms with E-state index in [9.17, 15) is 14.3 Å². The first-order valence-corrected chi connectivity index (χ1v) is 24.8. The molecular formula is C52H87NO7P+. The number of ether oxygens (including phenoxy) is 2.